The van der Waals surface area contributed by atoms with Crippen molar-refractivity contribution in [3.63, 3.8) is 0 Å². The molecule has 4 nitrogen and oxygen atoms in total. The molecule has 0 radical (unpaired) electrons. The predicted molar refractivity (Wildman–Crippen MR) is 49.3 cm³/mol. The number of rotatable bonds is 1. The SMILES string of the molecule is Cc1c(C(=O)O)cc(Cl)c2c1OCO2. The van der Waals surface area contributed by atoms with Crippen LogP contribution in [0.1, 0.15) is 15.9 Å². The molecule has 1 aromatic rings. The first-order valence-electron chi connectivity index (χ1n) is 3.93. The van der Waals surface area contributed by atoms with Gasteiger partial charge in [-0.05, 0) is 13.0 Å². The van der Waals surface area contributed by atoms with Crippen LogP contribution in [0.4, 0.5) is 0 Å². The molecular formula is C9H7ClO4. The maximum atomic E-state index is 10.8. The number of carboxylic acids is 1. The van der Waals surface area contributed by atoms with E-state index in [0.717, 1.165) is 0 Å². The molecule has 1 aromatic carbocycles. The van der Waals surface area contributed by atoms with Crippen molar-refractivity contribution < 1.29 is 19.4 Å². The molecule has 74 valence electrons. The molecular weight excluding hydrogens is 208 g/mol. The Morgan fingerprint density at radius 1 is 1.50 bits per heavy atom. The van der Waals surface area contributed by atoms with E-state index in [1.165, 1.54) is 6.07 Å². The monoisotopic (exact) mass is 214 g/mol. The summed E-state index contributed by atoms with van der Waals surface area (Å²) in [6, 6.07) is 1.37. The first-order valence-corrected chi connectivity index (χ1v) is 4.31. The van der Waals surface area contributed by atoms with Gasteiger partial charge in [0, 0.05) is 5.56 Å². The van der Waals surface area contributed by atoms with Gasteiger partial charge >= 0.3 is 5.97 Å². The van der Waals surface area contributed by atoms with E-state index in [1.54, 1.807) is 6.92 Å². The lowest BCUT2D eigenvalue weighted by atomic mass is 10.1. The van der Waals surface area contributed by atoms with Gasteiger partial charge < -0.3 is 14.6 Å². The van der Waals surface area contributed by atoms with Gasteiger partial charge in [0.05, 0.1) is 10.6 Å². The van der Waals surface area contributed by atoms with E-state index < -0.39 is 5.97 Å². The van der Waals surface area contributed by atoms with Crippen LogP contribution in [-0.2, 0) is 0 Å². The van der Waals surface area contributed by atoms with Gasteiger partial charge in [-0.3, -0.25) is 0 Å². The number of carbonyl (C=O) groups is 1. The van der Waals surface area contributed by atoms with Crippen LogP contribution in [0.5, 0.6) is 11.5 Å². The van der Waals surface area contributed by atoms with Crippen LogP contribution in [0.3, 0.4) is 0 Å². The first-order chi connectivity index (χ1) is 6.61. The smallest absolute Gasteiger partial charge is 0.336 e. The molecule has 0 unspecified atom stereocenters. The van der Waals surface area contributed by atoms with Crippen LogP contribution in [0.15, 0.2) is 6.07 Å². The van der Waals surface area contributed by atoms with Crippen LogP contribution in [0, 0.1) is 6.92 Å². The maximum Gasteiger partial charge on any atom is 0.336 e. The lowest BCUT2D eigenvalue weighted by Gasteiger charge is -2.05. The Morgan fingerprint density at radius 3 is 2.79 bits per heavy atom. The van der Waals surface area contributed by atoms with Crippen LogP contribution in [0.2, 0.25) is 5.02 Å². The van der Waals surface area contributed by atoms with Crippen molar-refractivity contribution in [1.82, 2.24) is 0 Å². The van der Waals surface area contributed by atoms with Crippen molar-refractivity contribution in [2.75, 3.05) is 6.79 Å². The summed E-state index contributed by atoms with van der Waals surface area (Å²) >= 11 is 5.82. The summed E-state index contributed by atoms with van der Waals surface area (Å²) in [7, 11) is 0. The third kappa shape index (κ3) is 1.19. The van der Waals surface area contributed by atoms with Gasteiger partial charge in [-0.25, -0.2) is 4.79 Å². The highest BCUT2D eigenvalue weighted by Crippen LogP contribution is 2.42. The van der Waals surface area contributed by atoms with Gasteiger partial charge in [0.15, 0.2) is 11.5 Å². The predicted octanol–water partition coefficient (Wildman–Crippen LogP) is 2.08. The van der Waals surface area contributed by atoms with Crippen molar-refractivity contribution in [3.05, 3.63) is 22.2 Å². The minimum atomic E-state index is -1.03. The molecule has 0 saturated carbocycles. The standard InChI is InChI=1S/C9H7ClO4/c1-4-5(9(11)12)2-6(10)8-7(4)13-3-14-8/h2H,3H2,1H3,(H,11,12). The molecule has 0 saturated heterocycles. The molecule has 0 bridgehead atoms. The van der Waals surface area contributed by atoms with Crippen molar-refractivity contribution in [2.45, 2.75) is 6.92 Å². The van der Waals surface area contributed by atoms with Crippen molar-refractivity contribution >= 4 is 17.6 Å². The van der Waals surface area contributed by atoms with Gasteiger partial charge in [-0.1, -0.05) is 11.6 Å². The fraction of sp³-hybridized carbons (Fsp3) is 0.222. The second kappa shape index (κ2) is 3.06. The van der Waals surface area contributed by atoms with Crippen LogP contribution in [-0.4, -0.2) is 17.9 Å². The van der Waals surface area contributed by atoms with Gasteiger partial charge in [-0.2, -0.15) is 0 Å². The molecule has 1 heterocycles. The Balaban J connectivity index is 2.68. The summed E-state index contributed by atoms with van der Waals surface area (Å²) in [6.07, 6.45) is 0. The summed E-state index contributed by atoms with van der Waals surface area (Å²) in [5, 5.41) is 9.13. The summed E-state index contributed by atoms with van der Waals surface area (Å²) in [5.41, 5.74) is 0.675. The molecule has 0 aromatic heterocycles. The van der Waals surface area contributed by atoms with E-state index in [2.05, 4.69) is 0 Å². The second-order valence-corrected chi connectivity index (χ2v) is 3.31. The molecule has 0 fully saturated rings. The Hall–Kier alpha value is -1.42. The van der Waals surface area contributed by atoms with Gasteiger partial charge in [0.2, 0.25) is 6.79 Å². The quantitative estimate of drug-likeness (QED) is 0.778. The number of halogens is 1. The molecule has 14 heavy (non-hydrogen) atoms. The van der Waals surface area contributed by atoms with Crippen molar-refractivity contribution in [1.29, 1.82) is 0 Å². The minimum Gasteiger partial charge on any atom is -0.478 e. The number of ether oxygens (including phenoxy) is 2. The second-order valence-electron chi connectivity index (χ2n) is 2.90. The van der Waals surface area contributed by atoms with E-state index in [1.807, 2.05) is 0 Å². The maximum absolute atomic E-state index is 10.8. The molecule has 1 aliphatic rings. The summed E-state index contributed by atoms with van der Waals surface area (Å²) in [5.74, 6) is -0.174. The third-order valence-corrected chi connectivity index (χ3v) is 2.36. The highest BCUT2D eigenvalue weighted by atomic mass is 35.5. The average Bonchev–Trinajstić information content (AvgIpc) is 2.59. The van der Waals surface area contributed by atoms with Crippen LogP contribution < -0.4 is 9.47 Å². The Labute approximate surface area is 85.0 Å². The molecule has 0 amide bonds. The van der Waals surface area contributed by atoms with Gasteiger partial charge in [0.25, 0.3) is 0 Å². The fourth-order valence-corrected chi connectivity index (χ4v) is 1.63. The van der Waals surface area contributed by atoms with Crippen LogP contribution in [0.25, 0.3) is 0 Å². The number of fused-ring (bicyclic) bond motifs is 1. The summed E-state index contributed by atoms with van der Waals surface area (Å²) in [4.78, 5) is 10.8. The van der Waals surface area contributed by atoms with Crippen molar-refractivity contribution in [2.24, 2.45) is 0 Å². The zero-order valence-electron chi connectivity index (χ0n) is 7.33. The zero-order valence-corrected chi connectivity index (χ0v) is 8.09. The molecule has 5 heteroatoms. The van der Waals surface area contributed by atoms with E-state index in [4.69, 9.17) is 26.2 Å². The number of hydrogen-bond acceptors (Lipinski definition) is 3. The highest BCUT2D eigenvalue weighted by molar-refractivity contribution is 6.32. The minimum absolute atomic E-state index is 0.0823. The van der Waals surface area contributed by atoms with Gasteiger partial charge in [0.1, 0.15) is 0 Å². The number of benzene rings is 1. The number of carboxylic acid groups (broad SMARTS) is 1. The fourth-order valence-electron chi connectivity index (χ4n) is 1.38. The summed E-state index contributed by atoms with van der Waals surface area (Å²) in [6.45, 7) is 1.74. The molecule has 0 aliphatic carbocycles. The average molecular weight is 215 g/mol. The summed E-state index contributed by atoms with van der Waals surface area (Å²) < 4.78 is 10.2. The third-order valence-electron chi connectivity index (χ3n) is 2.08. The van der Waals surface area contributed by atoms with E-state index in [-0.39, 0.29) is 17.4 Å². The first kappa shape index (κ1) is 9.15. The lowest BCUT2D eigenvalue weighted by molar-refractivity contribution is 0.0695. The topological polar surface area (TPSA) is 55.8 Å². The molecule has 2 rings (SSSR count). The van der Waals surface area contributed by atoms with Crippen LogP contribution >= 0.6 is 11.6 Å². The Morgan fingerprint density at radius 2 is 2.14 bits per heavy atom. The zero-order chi connectivity index (χ0) is 10.3. The van der Waals surface area contributed by atoms with Gasteiger partial charge in [-0.15, -0.1) is 0 Å². The number of hydrogen-bond donors (Lipinski definition) is 1. The highest BCUT2D eigenvalue weighted by Gasteiger charge is 2.24. The van der Waals surface area contributed by atoms with E-state index in [9.17, 15) is 4.79 Å². The Kier molecular flexibility index (Phi) is 2.00. The lowest BCUT2D eigenvalue weighted by Crippen LogP contribution is -2.00. The van der Waals surface area contributed by atoms with E-state index >= 15 is 0 Å². The Bertz CT molecular complexity index is 414. The van der Waals surface area contributed by atoms with E-state index in [0.29, 0.717) is 17.1 Å². The van der Waals surface area contributed by atoms with Crippen molar-refractivity contribution in [3.8, 4) is 11.5 Å². The molecule has 0 spiro atoms. The molecule has 1 N–H and O–H groups in total. The molecule has 1 aliphatic heterocycles. The largest absolute Gasteiger partial charge is 0.478 e. The normalized spacial score (nSPS) is 13.0. The molecule has 0 atom stereocenters. The number of aromatic carboxylic acids is 1.